The zero-order valence-corrected chi connectivity index (χ0v) is 11.1. The normalized spacial score (nSPS) is 21.9. The van der Waals surface area contributed by atoms with E-state index in [-0.39, 0.29) is 5.41 Å². The molecule has 3 rings (SSSR count). The van der Waals surface area contributed by atoms with Crippen LogP contribution in [-0.4, -0.2) is 12.2 Å². The first-order valence-electron chi connectivity index (χ1n) is 6.38. The molecule has 18 heavy (non-hydrogen) atoms. The van der Waals surface area contributed by atoms with Crippen LogP contribution in [0.25, 0.3) is 0 Å². The van der Waals surface area contributed by atoms with E-state index < -0.39 is 0 Å². The van der Waals surface area contributed by atoms with Crippen molar-refractivity contribution in [3.8, 4) is 0 Å². The summed E-state index contributed by atoms with van der Waals surface area (Å²) in [6.45, 7) is 4.40. The van der Waals surface area contributed by atoms with Crippen LogP contribution in [0, 0.1) is 6.92 Å². The quantitative estimate of drug-likeness (QED) is 0.878. The van der Waals surface area contributed by atoms with E-state index in [1.165, 1.54) is 16.7 Å². The molecule has 0 saturated heterocycles. The van der Waals surface area contributed by atoms with Crippen LogP contribution in [0.5, 0.6) is 0 Å². The highest BCUT2D eigenvalue weighted by atomic mass is 16.5. The molecule has 0 spiro atoms. The Morgan fingerprint density at radius 1 is 1.39 bits per heavy atom. The van der Waals surface area contributed by atoms with Crippen LogP contribution in [0.15, 0.2) is 29.0 Å². The maximum atomic E-state index is 5.14. The highest BCUT2D eigenvalue weighted by molar-refractivity contribution is 5.56. The van der Waals surface area contributed by atoms with Crippen molar-refractivity contribution in [1.29, 1.82) is 0 Å². The fourth-order valence-corrected chi connectivity index (χ4v) is 3.04. The third-order valence-corrected chi connectivity index (χ3v) is 4.11. The molecule has 0 fully saturated rings. The number of aryl methyl sites for hydroxylation is 2. The maximum absolute atomic E-state index is 5.14. The maximum Gasteiger partial charge on any atom is 0.147 e. The van der Waals surface area contributed by atoms with Crippen LogP contribution < -0.4 is 5.32 Å². The second-order valence-corrected chi connectivity index (χ2v) is 5.32. The number of nitrogens with one attached hydrogen (secondary N) is 1. The van der Waals surface area contributed by atoms with Gasteiger partial charge in [-0.3, -0.25) is 0 Å². The van der Waals surface area contributed by atoms with E-state index in [2.05, 4.69) is 42.5 Å². The number of fused-ring (bicyclic) bond motifs is 1. The average molecular weight is 242 g/mol. The zero-order valence-electron chi connectivity index (χ0n) is 11.1. The smallest absolute Gasteiger partial charge is 0.147 e. The first kappa shape index (κ1) is 11.3. The molecule has 0 amide bonds. The van der Waals surface area contributed by atoms with Gasteiger partial charge in [0.05, 0.1) is 5.69 Å². The standard InChI is InChI=1S/C15H18N2O/c1-10-4-5-12-11(8-10)6-7-15(12,2)14-13(16-3)9-18-17-14/h4-5,8-9,16H,6-7H2,1-3H3. The van der Waals surface area contributed by atoms with Gasteiger partial charge in [-0.15, -0.1) is 0 Å². The Balaban J connectivity index is 2.14. The van der Waals surface area contributed by atoms with E-state index >= 15 is 0 Å². The summed E-state index contributed by atoms with van der Waals surface area (Å²) in [5.41, 5.74) is 6.14. The molecule has 0 radical (unpaired) electrons. The molecule has 3 nitrogen and oxygen atoms in total. The van der Waals surface area contributed by atoms with E-state index in [1.807, 2.05) is 7.05 Å². The molecule has 1 atom stereocenters. The molecule has 1 aromatic carbocycles. The van der Waals surface area contributed by atoms with E-state index in [4.69, 9.17) is 4.52 Å². The molecule has 1 heterocycles. The molecule has 1 aliphatic rings. The van der Waals surface area contributed by atoms with Gasteiger partial charge in [0.2, 0.25) is 0 Å². The summed E-state index contributed by atoms with van der Waals surface area (Å²) in [6.07, 6.45) is 3.89. The van der Waals surface area contributed by atoms with Crippen molar-refractivity contribution in [2.45, 2.75) is 32.1 Å². The highest BCUT2D eigenvalue weighted by Crippen LogP contribution is 2.45. The van der Waals surface area contributed by atoms with Crippen molar-refractivity contribution < 1.29 is 4.52 Å². The Morgan fingerprint density at radius 2 is 2.22 bits per heavy atom. The molecule has 1 N–H and O–H groups in total. The van der Waals surface area contributed by atoms with Crippen LogP contribution in [-0.2, 0) is 11.8 Å². The average Bonchev–Trinajstić information content (AvgIpc) is 2.95. The summed E-state index contributed by atoms with van der Waals surface area (Å²) in [7, 11) is 1.91. The molecule has 0 aliphatic heterocycles. The Labute approximate surface area is 107 Å². The molecule has 0 saturated carbocycles. The van der Waals surface area contributed by atoms with Crippen molar-refractivity contribution in [3.05, 3.63) is 46.8 Å². The minimum atomic E-state index is -0.0334. The number of anilines is 1. The summed E-state index contributed by atoms with van der Waals surface area (Å²) in [4.78, 5) is 0. The van der Waals surface area contributed by atoms with Gasteiger partial charge in [0.25, 0.3) is 0 Å². The third kappa shape index (κ3) is 1.47. The summed E-state index contributed by atoms with van der Waals surface area (Å²) in [5, 5.41) is 7.39. The Morgan fingerprint density at radius 3 is 3.00 bits per heavy atom. The molecule has 1 aromatic heterocycles. The predicted octanol–water partition coefficient (Wildman–Crippen LogP) is 3.28. The lowest BCUT2D eigenvalue weighted by Crippen LogP contribution is -2.21. The van der Waals surface area contributed by atoms with Gasteiger partial charge in [0.1, 0.15) is 12.0 Å². The van der Waals surface area contributed by atoms with Gasteiger partial charge in [-0.2, -0.15) is 0 Å². The molecule has 3 heteroatoms. The molecule has 94 valence electrons. The molecule has 1 unspecified atom stereocenters. The lowest BCUT2D eigenvalue weighted by molar-refractivity contribution is 0.392. The van der Waals surface area contributed by atoms with E-state index in [9.17, 15) is 0 Å². The fraction of sp³-hybridized carbons (Fsp3) is 0.400. The van der Waals surface area contributed by atoms with Crippen molar-refractivity contribution in [2.75, 3.05) is 12.4 Å². The summed E-state index contributed by atoms with van der Waals surface area (Å²) >= 11 is 0. The van der Waals surface area contributed by atoms with Crippen LogP contribution >= 0.6 is 0 Å². The predicted molar refractivity (Wildman–Crippen MR) is 72.0 cm³/mol. The largest absolute Gasteiger partial charge is 0.384 e. The number of nitrogens with zero attached hydrogens (tertiary/aromatic N) is 1. The highest BCUT2D eigenvalue weighted by Gasteiger charge is 2.39. The Bertz CT molecular complexity index is 588. The molecule has 0 bridgehead atoms. The van der Waals surface area contributed by atoms with Gasteiger partial charge < -0.3 is 9.84 Å². The van der Waals surface area contributed by atoms with Gasteiger partial charge in [-0.05, 0) is 37.8 Å². The van der Waals surface area contributed by atoms with Crippen molar-refractivity contribution in [1.82, 2.24) is 5.16 Å². The van der Waals surface area contributed by atoms with Gasteiger partial charge in [-0.1, -0.05) is 28.9 Å². The minimum absolute atomic E-state index is 0.0334. The molecule has 2 aromatic rings. The van der Waals surface area contributed by atoms with Crippen molar-refractivity contribution in [2.24, 2.45) is 0 Å². The zero-order chi connectivity index (χ0) is 12.8. The first-order chi connectivity index (χ1) is 8.65. The van der Waals surface area contributed by atoms with Gasteiger partial charge >= 0.3 is 0 Å². The second-order valence-electron chi connectivity index (χ2n) is 5.32. The van der Waals surface area contributed by atoms with E-state index in [1.54, 1.807) is 6.26 Å². The first-order valence-corrected chi connectivity index (χ1v) is 6.38. The molecule has 1 aliphatic carbocycles. The van der Waals surface area contributed by atoms with Crippen molar-refractivity contribution >= 4 is 5.69 Å². The topological polar surface area (TPSA) is 38.1 Å². The Kier molecular flexibility index (Phi) is 2.44. The monoisotopic (exact) mass is 242 g/mol. The van der Waals surface area contributed by atoms with E-state index in [0.717, 1.165) is 24.2 Å². The van der Waals surface area contributed by atoms with Crippen LogP contribution in [0.1, 0.15) is 35.7 Å². The van der Waals surface area contributed by atoms with Crippen LogP contribution in [0.2, 0.25) is 0 Å². The summed E-state index contributed by atoms with van der Waals surface area (Å²) in [5.74, 6) is 0. The molecular formula is C15H18N2O. The summed E-state index contributed by atoms with van der Waals surface area (Å²) < 4.78 is 5.14. The number of benzene rings is 1. The van der Waals surface area contributed by atoms with Gasteiger partial charge in [-0.25, -0.2) is 0 Å². The van der Waals surface area contributed by atoms with Gasteiger partial charge in [0.15, 0.2) is 0 Å². The van der Waals surface area contributed by atoms with Crippen molar-refractivity contribution in [3.63, 3.8) is 0 Å². The molecular weight excluding hydrogens is 224 g/mol. The van der Waals surface area contributed by atoms with Gasteiger partial charge in [0, 0.05) is 12.5 Å². The number of rotatable bonds is 2. The minimum Gasteiger partial charge on any atom is -0.384 e. The van der Waals surface area contributed by atoms with Crippen LogP contribution in [0.4, 0.5) is 5.69 Å². The third-order valence-electron chi connectivity index (χ3n) is 4.11. The number of hydrogen-bond donors (Lipinski definition) is 1. The lowest BCUT2D eigenvalue weighted by atomic mass is 9.80. The number of aromatic nitrogens is 1. The SMILES string of the molecule is CNc1conc1C1(C)CCc2cc(C)ccc21. The Hall–Kier alpha value is -1.77. The number of hydrogen-bond acceptors (Lipinski definition) is 3. The lowest BCUT2D eigenvalue weighted by Gasteiger charge is -2.24. The van der Waals surface area contributed by atoms with E-state index in [0.29, 0.717) is 0 Å². The summed E-state index contributed by atoms with van der Waals surface area (Å²) in [6, 6.07) is 6.72. The fourth-order valence-electron chi connectivity index (χ4n) is 3.04. The van der Waals surface area contributed by atoms with Crippen LogP contribution in [0.3, 0.4) is 0 Å². The second kappa shape index (κ2) is 3.87.